The molecule has 2 heterocycles. The lowest BCUT2D eigenvalue weighted by Gasteiger charge is -2.08. The van der Waals surface area contributed by atoms with Crippen molar-refractivity contribution in [3.05, 3.63) is 46.1 Å². The summed E-state index contributed by atoms with van der Waals surface area (Å²) in [5.74, 6) is 1.88. The van der Waals surface area contributed by atoms with Gasteiger partial charge in [-0.25, -0.2) is 9.97 Å². The molecule has 0 bridgehead atoms. The minimum absolute atomic E-state index is 0.538. The molecule has 1 fully saturated rings. The van der Waals surface area contributed by atoms with Crippen molar-refractivity contribution in [1.82, 2.24) is 15.0 Å². The number of hydrogen-bond donors (Lipinski definition) is 1. The van der Waals surface area contributed by atoms with Gasteiger partial charge < -0.3 is 5.73 Å². The van der Waals surface area contributed by atoms with Crippen LogP contribution in [0, 0.1) is 0 Å². The SMILES string of the molecule is Nc1nc(Cc2ccncc2)nc(C2CC2)c1Br. The van der Waals surface area contributed by atoms with E-state index in [0.717, 1.165) is 21.6 Å². The topological polar surface area (TPSA) is 64.7 Å². The molecule has 2 aromatic rings. The number of nitrogens with zero attached hydrogens (tertiary/aromatic N) is 3. The van der Waals surface area contributed by atoms with E-state index in [-0.39, 0.29) is 0 Å². The van der Waals surface area contributed by atoms with Crippen molar-refractivity contribution in [2.75, 3.05) is 5.73 Å². The van der Waals surface area contributed by atoms with Crippen LogP contribution in [0.4, 0.5) is 5.82 Å². The van der Waals surface area contributed by atoms with E-state index in [9.17, 15) is 0 Å². The predicted octanol–water partition coefficient (Wildman–Crippen LogP) is 2.68. The minimum atomic E-state index is 0.538. The smallest absolute Gasteiger partial charge is 0.141 e. The van der Waals surface area contributed by atoms with E-state index in [1.54, 1.807) is 12.4 Å². The van der Waals surface area contributed by atoms with Crippen molar-refractivity contribution < 1.29 is 0 Å². The molecule has 0 aliphatic heterocycles. The summed E-state index contributed by atoms with van der Waals surface area (Å²) >= 11 is 3.48. The fourth-order valence-electron chi connectivity index (χ4n) is 1.92. The Bertz CT molecular complexity index is 567. The van der Waals surface area contributed by atoms with E-state index in [0.29, 0.717) is 18.2 Å². The third-order valence-electron chi connectivity index (χ3n) is 3.02. The van der Waals surface area contributed by atoms with Crippen LogP contribution < -0.4 is 5.73 Å². The van der Waals surface area contributed by atoms with Gasteiger partial charge >= 0.3 is 0 Å². The van der Waals surface area contributed by atoms with Gasteiger partial charge in [0, 0.05) is 24.7 Å². The molecular weight excluding hydrogens is 292 g/mol. The highest BCUT2D eigenvalue weighted by Crippen LogP contribution is 2.43. The lowest BCUT2D eigenvalue weighted by Crippen LogP contribution is -2.05. The van der Waals surface area contributed by atoms with Crippen LogP contribution in [0.3, 0.4) is 0 Å². The van der Waals surface area contributed by atoms with Gasteiger partial charge in [0.15, 0.2) is 0 Å². The van der Waals surface area contributed by atoms with Crippen LogP contribution >= 0.6 is 15.9 Å². The van der Waals surface area contributed by atoms with Crippen molar-refractivity contribution in [2.45, 2.75) is 25.2 Å². The molecule has 0 spiro atoms. The molecule has 2 aromatic heterocycles. The zero-order chi connectivity index (χ0) is 12.5. The maximum Gasteiger partial charge on any atom is 0.141 e. The van der Waals surface area contributed by atoms with E-state index in [1.165, 1.54) is 12.8 Å². The molecule has 5 heteroatoms. The first-order chi connectivity index (χ1) is 8.74. The van der Waals surface area contributed by atoms with Crippen LogP contribution in [0.25, 0.3) is 0 Å². The average Bonchev–Trinajstić information content (AvgIpc) is 3.19. The summed E-state index contributed by atoms with van der Waals surface area (Å²) in [6, 6.07) is 3.94. The van der Waals surface area contributed by atoms with Gasteiger partial charge in [0.25, 0.3) is 0 Å². The molecule has 0 atom stereocenters. The molecule has 0 saturated heterocycles. The summed E-state index contributed by atoms with van der Waals surface area (Å²) in [5.41, 5.74) is 8.14. The van der Waals surface area contributed by atoms with Gasteiger partial charge in [-0.3, -0.25) is 4.98 Å². The Hall–Kier alpha value is -1.49. The van der Waals surface area contributed by atoms with E-state index in [2.05, 4.69) is 30.9 Å². The van der Waals surface area contributed by atoms with Crippen molar-refractivity contribution in [1.29, 1.82) is 0 Å². The van der Waals surface area contributed by atoms with Gasteiger partial charge in [-0.1, -0.05) is 0 Å². The van der Waals surface area contributed by atoms with Crippen molar-refractivity contribution in [2.24, 2.45) is 0 Å². The van der Waals surface area contributed by atoms with Crippen LogP contribution in [0.1, 0.15) is 35.8 Å². The monoisotopic (exact) mass is 304 g/mol. The van der Waals surface area contributed by atoms with E-state index in [1.807, 2.05) is 12.1 Å². The molecule has 3 rings (SSSR count). The molecule has 0 radical (unpaired) electrons. The number of halogens is 1. The van der Waals surface area contributed by atoms with E-state index >= 15 is 0 Å². The van der Waals surface area contributed by atoms with Crippen LogP contribution in [0.5, 0.6) is 0 Å². The first-order valence-electron chi connectivity index (χ1n) is 5.94. The number of nitrogen functional groups attached to an aromatic ring is 1. The zero-order valence-electron chi connectivity index (χ0n) is 9.81. The van der Waals surface area contributed by atoms with Crippen molar-refractivity contribution in [3.63, 3.8) is 0 Å². The predicted molar refractivity (Wildman–Crippen MR) is 73.2 cm³/mol. The largest absolute Gasteiger partial charge is 0.383 e. The standard InChI is InChI=1S/C13H13BrN4/c14-11-12(9-1-2-9)17-10(18-13(11)15)7-8-3-5-16-6-4-8/h3-6,9H,1-2,7H2,(H2,15,17,18). The summed E-state index contributed by atoms with van der Waals surface area (Å²) in [6.45, 7) is 0. The summed E-state index contributed by atoms with van der Waals surface area (Å²) in [5, 5.41) is 0. The molecule has 18 heavy (non-hydrogen) atoms. The Balaban J connectivity index is 1.93. The summed E-state index contributed by atoms with van der Waals surface area (Å²) in [4.78, 5) is 13.0. The van der Waals surface area contributed by atoms with Crippen LogP contribution in [-0.4, -0.2) is 15.0 Å². The Morgan fingerprint density at radius 2 is 1.94 bits per heavy atom. The van der Waals surface area contributed by atoms with Gasteiger partial charge in [0.2, 0.25) is 0 Å². The lowest BCUT2D eigenvalue weighted by atomic mass is 10.2. The number of aromatic nitrogens is 3. The van der Waals surface area contributed by atoms with Gasteiger partial charge in [0.05, 0.1) is 10.2 Å². The van der Waals surface area contributed by atoms with Crippen molar-refractivity contribution >= 4 is 21.7 Å². The Morgan fingerprint density at radius 1 is 1.22 bits per heavy atom. The minimum Gasteiger partial charge on any atom is -0.383 e. The maximum atomic E-state index is 5.93. The quantitative estimate of drug-likeness (QED) is 0.947. The molecular formula is C13H13BrN4. The number of anilines is 1. The van der Waals surface area contributed by atoms with Gasteiger partial charge in [-0.15, -0.1) is 0 Å². The van der Waals surface area contributed by atoms with Gasteiger partial charge in [0.1, 0.15) is 11.6 Å². The first kappa shape index (κ1) is 11.6. The first-order valence-corrected chi connectivity index (χ1v) is 6.74. The van der Waals surface area contributed by atoms with Crippen LogP contribution in [-0.2, 0) is 6.42 Å². The fourth-order valence-corrected chi connectivity index (χ4v) is 2.42. The molecule has 2 N–H and O–H groups in total. The molecule has 1 aliphatic carbocycles. The molecule has 1 saturated carbocycles. The number of hydrogen-bond acceptors (Lipinski definition) is 4. The summed E-state index contributed by atoms with van der Waals surface area (Å²) < 4.78 is 0.864. The molecule has 0 amide bonds. The van der Waals surface area contributed by atoms with Crippen molar-refractivity contribution in [3.8, 4) is 0 Å². The van der Waals surface area contributed by atoms with Crippen LogP contribution in [0.2, 0.25) is 0 Å². The van der Waals surface area contributed by atoms with Gasteiger partial charge in [-0.2, -0.15) is 0 Å². The van der Waals surface area contributed by atoms with E-state index < -0.39 is 0 Å². The normalized spacial score (nSPS) is 14.7. The molecule has 1 aliphatic rings. The third kappa shape index (κ3) is 2.36. The lowest BCUT2D eigenvalue weighted by molar-refractivity contribution is 0.894. The molecule has 0 aromatic carbocycles. The Kier molecular flexibility index (Phi) is 2.99. The fraction of sp³-hybridized carbons (Fsp3) is 0.308. The number of rotatable bonds is 3. The summed E-state index contributed by atoms with van der Waals surface area (Å²) in [7, 11) is 0. The zero-order valence-corrected chi connectivity index (χ0v) is 11.4. The second-order valence-corrected chi connectivity index (χ2v) is 5.32. The van der Waals surface area contributed by atoms with E-state index in [4.69, 9.17) is 5.73 Å². The Labute approximate surface area is 114 Å². The summed E-state index contributed by atoms with van der Waals surface area (Å²) in [6.07, 6.45) is 6.64. The Morgan fingerprint density at radius 3 is 2.61 bits per heavy atom. The highest BCUT2D eigenvalue weighted by atomic mass is 79.9. The highest BCUT2D eigenvalue weighted by Gasteiger charge is 2.28. The highest BCUT2D eigenvalue weighted by molar-refractivity contribution is 9.10. The average molecular weight is 305 g/mol. The maximum absolute atomic E-state index is 5.93. The number of pyridine rings is 1. The third-order valence-corrected chi connectivity index (χ3v) is 3.84. The second-order valence-electron chi connectivity index (χ2n) is 4.53. The molecule has 92 valence electrons. The second kappa shape index (κ2) is 4.65. The number of nitrogens with two attached hydrogens (primary N) is 1. The molecule has 4 nitrogen and oxygen atoms in total. The molecule has 0 unspecified atom stereocenters. The van der Waals surface area contributed by atoms with Gasteiger partial charge in [-0.05, 0) is 46.5 Å². The van der Waals surface area contributed by atoms with Crippen LogP contribution in [0.15, 0.2) is 29.0 Å².